The Labute approximate surface area is 136 Å². The molecule has 1 aromatic heterocycles. The van der Waals surface area contributed by atoms with Gasteiger partial charge in [0.1, 0.15) is 5.71 Å². The molecule has 0 aliphatic heterocycles. The van der Waals surface area contributed by atoms with Crippen molar-refractivity contribution in [1.29, 1.82) is 0 Å². The van der Waals surface area contributed by atoms with E-state index in [9.17, 15) is 4.79 Å². The van der Waals surface area contributed by atoms with Crippen LogP contribution in [0.4, 0.5) is 0 Å². The van der Waals surface area contributed by atoms with Crippen LogP contribution in [0.15, 0.2) is 64.8 Å². The second kappa shape index (κ2) is 5.44. The zero-order valence-corrected chi connectivity index (χ0v) is 13.2. The minimum atomic E-state index is -0.115. The molecule has 0 amide bonds. The molecule has 112 valence electrons. The Morgan fingerprint density at radius 1 is 0.957 bits per heavy atom. The lowest BCUT2D eigenvalue weighted by atomic mass is 9.95. The van der Waals surface area contributed by atoms with Gasteiger partial charge in [-0.15, -0.1) is 10.2 Å². The van der Waals surface area contributed by atoms with Gasteiger partial charge in [0.2, 0.25) is 10.6 Å². The summed E-state index contributed by atoms with van der Waals surface area (Å²) in [6.45, 7) is 0. The summed E-state index contributed by atoms with van der Waals surface area (Å²) in [5, 5.41) is 8.59. The number of carbonyl (C=O) groups is 1. The van der Waals surface area contributed by atoms with Crippen LogP contribution >= 0.6 is 11.3 Å². The van der Waals surface area contributed by atoms with Crippen molar-refractivity contribution < 1.29 is 4.79 Å². The smallest absolute Gasteiger partial charge is 0.211 e. The van der Waals surface area contributed by atoms with Gasteiger partial charge >= 0.3 is 0 Å². The molecule has 23 heavy (non-hydrogen) atoms. The second-order valence-electron chi connectivity index (χ2n) is 5.24. The van der Waals surface area contributed by atoms with E-state index in [0.29, 0.717) is 5.71 Å². The minimum absolute atomic E-state index is 0.115. The van der Waals surface area contributed by atoms with Crippen molar-refractivity contribution >= 4 is 39.1 Å². The fourth-order valence-electron chi connectivity index (χ4n) is 2.61. The molecule has 0 bridgehead atoms. The van der Waals surface area contributed by atoms with Gasteiger partial charge in [-0.25, -0.2) is 0 Å². The summed E-state index contributed by atoms with van der Waals surface area (Å²) in [6.07, 6.45) is 3.36. The standard InChI is InChI=1S/C18H13N3OS/c1-21-14-8-4-5-9-16(14)23-18(21)20-19-17-13-7-3-2-6-12(13)10-11-15(17)22/h2-11H,1H3/b19-17-,20-18-. The molecule has 1 heterocycles. The summed E-state index contributed by atoms with van der Waals surface area (Å²) >= 11 is 1.55. The van der Waals surface area contributed by atoms with E-state index in [2.05, 4.69) is 16.3 Å². The van der Waals surface area contributed by atoms with Crippen molar-refractivity contribution in [2.75, 3.05) is 0 Å². The molecular formula is C18H13N3OS. The number of para-hydroxylation sites is 1. The molecular weight excluding hydrogens is 306 g/mol. The third kappa shape index (κ3) is 2.35. The normalized spacial score (nSPS) is 16.3. The average Bonchev–Trinajstić information content (AvgIpc) is 2.90. The van der Waals surface area contributed by atoms with Gasteiger partial charge in [0.25, 0.3) is 0 Å². The van der Waals surface area contributed by atoms with E-state index in [-0.39, 0.29) is 5.78 Å². The van der Waals surface area contributed by atoms with Crippen molar-refractivity contribution in [2.45, 2.75) is 0 Å². The number of hydrogen-bond donors (Lipinski definition) is 0. The fraction of sp³-hybridized carbons (Fsp3) is 0.0556. The molecule has 0 radical (unpaired) electrons. The lowest BCUT2D eigenvalue weighted by Gasteiger charge is -2.09. The predicted octanol–water partition coefficient (Wildman–Crippen LogP) is 3.14. The highest BCUT2D eigenvalue weighted by Crippen LogP contribution is 2.18. The summed E-state index contributed by atoms with van der Waals surface area (Å²) in [5.74, 6) is -0.115. The van der Waals surface area contributed by atoms with Crippen molar-refractivity contribution in [3.63, 3.8) is 0 Å². The number of nitrogens with zero attached hydrogens (tertiary/aromatic N) is 3. The molecule has 0 spiro atoms. The number of aryl methyl sites for hydroxylation is 1. The van der Waals surface area contributed by atoms with Crippen LogP contribution in [0.25, 0.3) is 16.3 Å². The van der Waals surface area contributed by atoms with Crippen LogP contribution in [0.5, 0.6) is 0 Å². The van der Waals surface area contributed by atoms with Gasteiger partial charge in [-0.2, -0.15) is 0 Å². The number of carbonyl (C=O) groups excluding carboxylic acids is 1. The second-order valence-corrected chi connectivity index (χ2v) is 6.25. The van der Waals surface area contributed by atoms with Gasteiger partial charge in [-0.3, -0.25) is 4.79 Å². The SMILES string of the molecule is Cn1/c(=N/N=C2\C(=O)C=Cc3ccccc32)sc2ccccc21. The Morgan fingerprint density at radius 3 is 2.61 bits per heavy atom. The first-order chi connectivity index (χ1) is 11.2. The number of hydrogen-bond acceptors (Lipinski definition) is 4. The summed E-state index contributed by atoms with van der Waals surface area (Å²) < 4.78 is 3.13. The highest BCUT2D eigenvalue weighted by atomic mass is 32.1. The Bertz CT molecular complexity index is 1050. The number of aromatic nitrogens is 1. The van der Waals surface area contributed by atoms with Crippen LogP contribution in [0.1, 0.15) is 11.1 Å². The van der Waals surface area contributed by atoms with E-state index < -0.39 is 0 Å². The Kier molecular flexibility index (Phi) is 3.28. The molecule has 0 atom stereocenters. The summed E-state index contributed by atoms with van der Waals surface area (Å²) in [7, 11) is 1.95. The topological polar surface area (TPSA) is 46.7 Å². The average molecular weight is 319 g/mol. The van der Waals surface area contributed by atoms with Gasteiger partial charge in [-0.1, -0.05) is 53.8 Å². The summed E-state index contributed by atoms with van der Waals surface area (Å²) in [6, 6.07) is 15.8. The quantitative estimate of drug-likeness (QED) is 0.636. The summed E-state index contributed by atoms with van der Waals surface area (Å²) in [5.41, 5.74) is 3.31. The third-order valence-corrected chi connectivity index (χ3v) is 4.92. The maximum Gasteiger partial charge on any atom is 0.211 e. The molecule has 4 rings (SSSR count). The minimum Gasteiger partial charge on any atom is -0.318 e. The van der Waals surface area contributed by atoms with Crippen LogP contribution in [0.2, 0.25) is 0 Å². The first-order valence-corrected chi connectivity index (χ1v) is 8.04. The molecule has 1 aliphatic rings. The number of fused-ring (bicyclic) bond motifs is 2. The zero-order valence-electron chi connectivity index (χ0n) is 12.4. The summed E-state index contributed by atoms with van der Waals surface area (Å²) in [4.78, 5) is 12.9. The molecule has 3 aromatic rings. The lowest BCUT2D eigenvalue weighted by molar-refractivity contribution is -0.108. The molecule has 2 aromatic carbocycles. The fourth-order valence-corrected chi connectivity index (χ4v) is 3.58. The predicted molar refractivity (Wildman–Crippen MR) is 93.4 cm³/mol. The van der Waals surface area contributed by atoms with Gasteiger partial charge in [0.15, 0.2) is 0 Å². The van der Waals surface area contributed by atoms with Gasteiger partial charge < -0.3 is 4.57 Å². The zero-order chi connectivity index (χ0) is 15.8. The molecule has 0 saturated heterocycles. The van der Waals surface area contributed by atoms with E-state index in [1.807, 2.05) is 60.2 Å². The van der Waals surface area contributed by atoms with E-state index in [1.54, 1.807) is 17.4 Å². The molecule has 0 fully saturated rings. The largest absolute Gasteiger partial charge is 0.318 e. The highest BCUT2D eigenvalue weighted by molar-refractivity contribution is 7.16. The first-order valence-electron chi connectivity index (χ1n) is 7.22. The maximum absolute atomic E-state index is 12.2. The Morgan fingerprint density at radius 2 is 1.74 bits per heavy atom. The van der Waals surface area contributed by atoms with Gasteiger partial charge in [0, 0.05) is 12.6 Å². The van der Waals surface area contributed by atoms with Crippen LogP contribution in [0.3, 0.4) is 0 Å². The number of rotatable bonds is 1. The van der Waals surface area contributed by atoms with Gasteiger partial charge in [0.05, 0.1) is 10.2 Å². The van der Waals surface area contributed by atoms with Crippen LogP contribution in [-0.4, -0.2) is 16.1 Å². The van der Waals surface area contributed by atoms with Crippen LogP contribution < -0.4 is 4.80 Å². The van der Waals surface area contributed by atoms with Crippen molar-refractivity contribution in [3.8, 4) is 0 Å². The molecule has 5 heteroatoms. The first kappa shape index (κ1) is 13.8. The van der Waals surface area contributed by atoms with E-state index in [1.165, 1.54) is 0 Å². The molecule has 0 saturated carbocycles. The maximum atomic E-state index is 12.2. The van der Waals surface area contributed by atoms with Crippen molar-refractivity contribution in [3.05, 3.63) is 70.5 Å². The Balaban J connectivity index is 1.88. The number of allylic oxidation sites excluding steroid dienone is 1. The molecule has 0 N–H and O–H groups in total. The Hall–Kier alpha value is -2.79. The number of ketones is 1. The number of thiazole rings is 1. The monoisotopic (exact) mass is 319 g/mol. The van der Waals surface area contributed by atoms with Crippen LogP contribution in [-0.2, 0) is 11.8 Å². The molecule has 1 aliphatic carbocycles. The van der Waals surface area contributed by atoms with E-state index in [4.69, 9.17) is 0 Å². The van der Waals surface area contributed by atoms with Gasteiger partial charge in [-0.05, 0) is 23.8 Å². The molecule has 4 nitrogen and oxygen atoms in total. The van der Waals surface area contributed by atoms with E-state index >= 15 is 0 Å². The third-order valence-electron chi connectivity index (χ3n) is 3.81. The van der Waals surface area contributed by atoms with E-state index in [0.717, 1.165) is 26.1 Å². The van der Waals surface area contributed by atoms with Crippen molar-refractivity contribution in [2.24, 2.45) is 17.3 Å². The lowest BCUT2D eigenvalue weighted by Crippen LogP contribution is -2.18. The number of benzene rings is 2. The molecule has 0 unspecified atom stereocenters. The van der Waals surface area contributed by atoms with Crippen LogP contribution in [0, 0.1) is 0 Å². The highest BCUT2D eigenvalue weighted by Gasteiger charge is 2.18. The van der Waals surface area contributed by atoms with Crippen molar-refractivity contribution in [1.82, 2.24) is 4.57 Å².